The van der Waals surface area contributed by atoms with Crippen molar-refractivity contribution in [1.29, 1.82) is 0 Å². The topological polar surface area (TPSA) is 68.0 Å². The second-order valence-corrected chi connectivity index (χ2v) is 7.24. The molecular weight excluding hydrogens is 392 g/mol. The molecule has 1 N–H and O–H groups in total. The fraction of sp³-hybridized carbons (Fsp3) is 0.240. The molecule has 0 unspecified atom stereocenters. The van der Waals surface area contributed by atoms with Crippen molar-refractivity contribution >= 4 is 17.1 Å². The van der Waals surface area contributed by atoms with Crippen molar-refractivity contribution in [3.05, 3.63) is 83.9 Å². The summed E-state index contributed by atoms with van der Waals surface area (Å²) in [4.78, 5) is 6.77. The van der Waals surface area contributed by atoms with Gasteiger partial charge in [0.05, 0.1) is 20.3 Å². The monoisotopic (exact) mass is 418 g/mol. The Morgan fingerprint density at radius 3 is 2.48 bits per heavy atom. The summed E-state index contributed by atoms with van der Waals surface area (Å²) >= 11 is 0. The number of fused-ring (bicyclic) bond motifs is 1. The standard InChI is InChI=1S/C25H26N2O4/c1-29-21-10-12-22(13-11-21)30-15-5-14-27(17-19-6-4-7-20(16-19)18-28)25-26-23-8-2-3-9-24(23)31-25/h2-4,6-13,16,28H,5,14-15,17-18H2,1H3. The average Bonchev–Trinajstić information content (AvgIpc) is 3.26. The van der Waals surface area contributed by atoms with Crippen LogP contribution < -0.4 is 14.4 Å². The van der Waals surface area contributed by atoms with Crippen molar-refractivity contribution in [3.63, 3.8) is 0 Å². The van der Waals surface area contributed by atoms with Crippen LogP contribution in [0.3, 0.4) is 0 Å². The zero-order chi connectivity index (χ0) is 21.5. The Bertz CT molecular complexity index is 1070. The summed E-state index contributed by atoms with van der Waals surface area (Å²) < 4.78 is 17.1. The third-order valence-electron chi connectivity index (χ3n) is 5.00. The van der Waals surface area contributed by atoms with E-state index in [1.165, 1.54) is 0 Å². The molecule has 0 spiro atoms. The summed E-state index contributed by atoms with van der Waals surface area (Å²) in [6.07, 6.45) is 0.796. The predicted molar refractivity (Wildman–Crippen MR) is 121 cm³/mol. The molecular formula is C25H26N2O4. The van der Waals surface area contributed by atoms with E-state index in [1.54, 1.807) is 7.11 Å². The van der Waals surface area contributed by atoms with Gasteiger partial charge in [-0.1, -0.05) is 36.4 Å². The number of hydrogen-bond acceptors (Lipinski definition) is 6. The lowest BCUT2D eigenvalue weighted by atomic mass is 10.1. The number of ether oxygens (including phenoxy) is 2. The number of anilines is 1. The van der Waals surface area contributed by atoms with E-state index in [0.717, 1.165) is 40.1 Å². The van der Waals surface area contributed by atoms with Crippen molar-refractivity contribution in [2.45, 2.75) is 19.6 Å². The lowest BCUT2D eigenvalue weighted by Crippen LogP contribution is -2.25. The summed E-state index contributed by atoms with van der Waals surface area (Å²) in [7, 11) is 1.65. The van der Waals surface area contributed by atoms with E-state index in [4.69, 9.17) is 13.9 Å². The molecule has 1 aromatic heterocycles. The Morgan fingerprint density at radius 1 is 0.935 bits per heavy atom. The number of hydrogen-bond donors (Lipinski definition) is 1. The molecule has 4 aromatic rings. The molecule has 0 radical (unpaired) electrons. The first-order valence-corrected chi connectivity index (χ1v) is 10.3. The minimum absolute atomic E-state index is 0.0203. The smallest absolute Gasteiger partial charge is 0.298 e. The van der Waals surface area contributed by atoms with Crippen molar-refractivity contribution in [1.82, 2.24) is 4.98 Å². The number of aliphatic hydroxyl groups is 1. The minimum Gasteiger partial charge on any atom is -0.497 e. The summed E-state index contributed by atoms with van der Waals surface area (Å²) in [5.74, 6) is 1.62. The Labute approximate surface area is 181 Å². The number of aliphatic hydroxyl groups excluding tert-OH is 1. The van der Waals surface area contributed by atoms with Gasteiger partial charge >= 0.3 is 0 Å². The second kappa shape index (κ2) is 10.00. The maximum absolute atomic E-state index is 9.45. The Balaban J connectivity index is 1.44. The van der Waals surface area contributed by atoms with Gasteiger partial charge in [0.25, 0.3) is 6.01 Å². The van der Waals surface area contributed by atoms with Gasteiger partial charge in [0, 0.05) is 13.1 Å². The fourth-order valence-electron chi connectivity index (χ4n) is 3.40. The molecule has 0 aliphatic rings. The van der Waals surface area contributed by atoms with Crippen LogP contribution in [0.5, 0.6) is 11.5 Å². The molecule has 0 aliphatic carbocycles. The summed E-state index contributed by atoms with van der Waals surface area (Å²) in [6, 6.07) is 23.8. The highest BCUT2D eigenvalue weighted by atomic mass is 16.5. The number of methoxy groups -OCH3 is 1. The predicted octanol–water partition coefficient (Wildman–Crippen LogP) is 4.80. The normalized spacial score (nSPS) is 10.9. The number of aromatic nitrogens is 1. The van der Waals surface area contributed by atoms with Crippen LogP contribution in [0.25, 0.3) is 11.1 Å². The minimum atomic E-state index is 0.0203. The van der Waals surface area contributed by atoms with Crippen LogP contribution in [0.1, 0.15) is 17.5 Å². The molecule has 6 nitrogen and oxygen atoms in total. The SMILES string of the molecule is COc1ccc(OCCCN(Cc2cccc(CO)c2)c2nc3ccccc3o2)cc1. The van der Waals surface area contributed by atoms with Crippen molar-refractivity contribution in [2.75, 3.05) is 25.2 Å². The molecule has 0 saturated heterocycles. The molecule has 0 atom stereocenters. The average molecular weight is 418 g/mol. The molecule has 0 bridgehead atoms. The molecule has 0 amide bonds. The zero-order valence-corrected chi connectivity index (χ0v) is 17.5. The van der Waals surface area contributed by atoms with E-state index >= 15 is 0 Å². The fourth-order valence-corrected chi connectivity index (χ4v) is 3.40. The van der Waals surface area contributed by atoms with Gasteiger partial charge < -0.3 is 23.9 Å². The van der Waals surface area contributed by atoms with Gasteiger partial charge in [-0.15, -0.1) is 0 Å². The molecule has 3 aromatic carbocycles. The van der Waals surface area contributed by atoms with E-state index in [-0.39, 0.29) is 6.61 Å². The molecule has 31 heavy (non-hydrogen) atoms. The first kappa shape index (κ1) is 20.8. The van der Waals surface area contributed by atoms with Crippen LogP contribution in [0.4, 0.5) is 6.01 Å². The Kier molecular flexibility index (Phi) is 6.69. The van der Waals surface area contributed by atoms with Gasteiger partial charge in [-0.25, -0.2) is 0 Å². The molecule has 0 aliphatic heterocycles. The molecule has 1 heterocycles. The zero-order valence-electron chi connectivity index (χ0n) is 17.5. The number of rotatable bonds is 10. The highest BCUT2D eigenvalue weighted by molar-refractivity contribution is 5.74. The van der Waals surface area contributed by atoms with Gasteiger partial charge in [0.2, 0.25) is 0 Å². The van der Waals surface area contributed by atoms with Gasteiger partial charge in [0.15, 0.2) is 5.58 Å². The van der Waals surface area contributed by atoms with E-state index in [1.807, 2.05) is 72.8 Å². The van der Waals surface area contributed by atoms with Gasteiger partial charge in [-0.2, -0.15) is 4.98 Å². The van der Waals surface area contributed by atoms with E-state index in [2.05, 4.69) is 9.88 Å². The van der Waals surface area contributed by atoms with Crippen molar-refractivity contribution < 1.29 is 19.0 Å². The van der Waals surface area contributed by atoms with Gasteiger partial charge in [-0.05, 0) is 53.9 Å². The number of oxazole rings is 1. The molecule has 6 heteroatoms. The summed E-state index contributed by atoms with van der Waals surface area (Å²) in [6.45, 7) is 1.93. The number of nitrogens with zero attached hydrogens (tertiary/aromatic N) is 2. The maximum Gasteiger partial charge on any atom is 0.298 e. The van der Waals surface area contributed by atoms with Crippen molar-refractivity contribution in [3.8, 4) is 11.5 Å². The molecule has 0 fully saturated rings. The van der Waals surface area contributed by atoms with E-state index in [9.17, 15) is 5.11 Å². The first-order valence-electron chi connectivity index (χ1n) is 10.3. The highest BCUT2D eigenvalue weighted by Crippen LogP contribution is 2.24. The second-order valence-electron chi connectivity index (χ2n) is 7.24. The molecule has 0 saturated carbocycles. The molecule has 4 rings (SSSR count). The molecule has 160 valence electrons. The van der Waals surface area contributed by atoms with Crippen LogP contribution in [-0.2, 0) is 13.2 Å². The lowest BCUT2D eigenvalue weighted by molar-refractivity contribution is 0.281. The first-order chi connectivity index (χ1) is 15.2. The van der Waals surface area contributed by atoms with Crippen molar-refractivity contribution in [2.24, 2.45) is 0 Å². The Hall–Kier alpha value is -3.51. The van der Waals surface area contributed by atoms with Gasteiger partial charge in [-0.3, -0.25) is 0 Å². The third-order valence-corrected chi connectivity index (χ3v) is 5.00. The van der Waals surface area contributed by atoms with Crippen LogP contribution in [0.2, 0.25) is 0 Å². The van der Waals surface area contributed by atoms with Crippen LogP contribution in [-0.4, -0.2) is 30.4 Å². The van der Waals surface area contributed by atoms with E-state index < -0.39 is 0 Å². The highest BCUT2D eigenvalue weighted by Gasteiger charge is 2.15. The number of para-hydroxylation sites is 2. The third kappa shape index (κ3) is 5.35. The largest absolute Gasteiger partial charge is 0.497 e. The lowest BCUT2D eigenvalue weighted by Gasteiger charge is -2.21. The van der Waals surface area contributed by atoms with Crippen LogP contribution in [0.15, 0.2) is 77.2 Å². The summed E-state index contributed by atoms with van der Waals surface area (Å²) in [5.41, 5.74) is 3.57. The Morgan fingerprint density at radius 2 is 1.71 bits per heavy atom. The number of benzene rings is 3. The van der Waals surface area contributed by atoms with Gasteiger partial charge in [0.1, 0.15) is 17.0 Å². The van der Waals surface area contributed by atoms with Crippen LogP contribution >= 0.6 is 0 Å². The van der Waals surface area contributed by atoms with Crippen LogP contribution in [0, 0.1) is 0 Å². The van der Waals surface area contributed by atoms with E-state index in [0.29, 0.717) is 25.7 Å². The maximum atomic E-state index is 9.45. The quantitative estimate of drug-likeness (QED) is 0.373. The summed E-state index contributed by atoms with van der Waals surface area (Å²) in [5, 5.41) is 9.45.